The lowest BCUT2D eigenvalue weighted by atomic mass is 9.95. The molecule has 1 heteroatoms. The minimum atomic E-state index is 0.564. The highest BCUT2D eigenvalue weighted by atomic mass is 16.3. The maximum absolute atomic E-state index is 10.3. The lowest BCUT2D eigenvalue weighted by Gasteiger charge is -2.13. The van der Waals surface area contributed by atoms with Crippen LogP contribution in [0.15, 0.2) is 12.1 Å². The van der Waals surface area contributed by atoms with Crippen molar-refractivity contribution < 1.29 is 5.11 Å². The molecule has 0 saturated heterocycles. The molecule has 0 aliphatic rings. The fourth-order valence-electron chi connectivity index (χ4n) is 2.57. The zero-order valence-corrected chi connectivity index (χ0v) is 13.0. The highest BCUT2D eigenvalue weighted by Gasteiger charge is 2.09. The van der Waals surface area contributed by atoms with Crippen LogP contribution in [-0.4, -0.2) is 5.11 Å². The van der Waals surface area contributed by atoms with Gasteiger partial charge in [0.15, 0.2) is 0 Å². The molecule has 0 unspecified atom stereocenters. The van der Waals surface area contributed by atoms with Crippen molar-refractivity contribution in [1.82, 2.24) is 0 Å². The summed E-state index contributed by atoms with van der Waals surface area (Å²) >= 11 is 0. The number of benzene rings is 1. The summed E-state index contributed by atoms with van der Waals surface area (Å²) in [6.07, 6.45) is 10.4. The smallest absolute Gasteiger partial charge is 0.121 e. The minimum absolute atomic E-state index is 0.564. The van der Waals surface area contributed by atoms with Gasteiger partial charge in [-0.05, 0) is 48.8 Å². The molecule has 0 aliphatic carbocycles. The molecule has 0 bridgehead atoms. The molecule has 0 saturated carbocycles. The lowest BCUT2D eigenvalue weighted by Crippen LogP contribution is -1.96. The van der Waals surface area contributed by atoms with Crippen molar-refractivity contribution in [3.8, 4) is 5.75 Å². The summed E-state index contributed by atoms with van der Waals surface area (Å²) in [6, 6.07) is 4.46. The third-order valence-corrected chi connectivity index (χ3v) is 3.72. The second kappa shape index (κ2) is 9.01. The largest absolute Gasteiger partial charge is 0.507 e. The van der Waals surface area contributed by atoms with Gasteiger partial charge in [-0.3, -0.25) is 0 Å². The van der Waals surface area contributed by atoms with Gasteiger partial charge in [0.2, 0.25) is 0 Å². The van der Waals surface area contributed by atoms with Crippen LogP contribution in [0.25, 0.3) is 0 Å². The molecule has 0 atom stereocenters. The number of phenols is 1. The maximum atomic E-state index is 10.3. The highest BCUT2D eigenvalue weighted by molar-refractivity contribution is 5.44. The number of rotatable bonds is 9. The van der Waals surface area contributed by atoms with Gasteiger partial charge in [-0.2, -0.15) is 0 Å². The Hall–Kier alpha value is -0.980. The van der Waals surface area contributed by atoms with Crippen LogP contribution in [0.3, 0.4) is 0 Å². The van der Waals surface area contributed by atoms with E-state index >= 15 is 0 Å². The monoisotopic (exact) mass is 262 g/mol. The number of phenolic OH excluding ortho intramolecular Hbond substituents is 1. The van der Waals surface area contributed by atoms with E-state index in [4.69, 9.17) is 0 Å². The summed E-state index contributed by atoms with van der Waals surface area (Å²) in [5.41, 5.74) is 3.74. The van der Waals surface area contributed by atoms with Gasteiger partial charge < -0.3 is 5.11 Å². The van der Waals surface area contributed by atoms with E-state index < -0.39 is 0 Å². The Morgan fingerprint density at radius 1 is 0.737 bits per heavy atom. The topological polar surface area (TPSA) is 20.2 Å². The second-order valence-corrected chi connectivity index (χ2v) is 5.57. The van der Waals surface area contributed by atoms with Gasteiger partial charge in [0.25, 0.3) is 0 Å². The van der Waals surface area contributed by atoms with Gasteiger partial charge in [0, 0.05) is 0 Å². The standard InChI is InChI=1S/C18H30O/c1-4-7-9-11-15-13-16(10-6-3)18(19)17(14-15)12-8-5-2/h13-14,19H,4-12H2,1-3H3. The van der Waals surface area contributed by atoms with Crippen LogP contribution in [0.5, 0.6) is 5.75 Å². The van der Waals surface area contributed by atoms with Crippen molar-refractivity contribution in [1.29, 1.82) is 0 Å². The van der Waals surface area contributed by atoms with E-state index in [-0.39, 0.29) is 0 Å². The van der Waals surface area contributed by atoms with Gasteiger partial charge in [0.1, 0.15) is 5.75 Å². The Bertz CT molecular complexity index is 368. The number of aromatic hydroxyl groups is 1. The molecule has 1 aromatic carbocycles. The number of hydrogen-bond donors (Lipinski definition) is 1. The Morgan fingerprint density at radius 2 is 1.37 bits per heavy atom. The Balaban J connectivity index is 2.87. The molecule has 1 nitrogen and oxygen atoms in total. The van der Waals surface area contributed by atoms with Gasteiger partial charge >= 0.3 is 0 Å². The van der Waals surface area contributed by atoms with Crippen molar-refractivity contribution in [3.05, 3.63) is 28.8 Å². The summed E-state index contributed by atoms with van der Waals surface area (Å²) in [4.78, 5) is 0. The Morgan fingerprint density at radius 3 is 1.95 bits per heavy atom. The molecule has 0 heterocycles. The van der Waals surface area contributed by atoms with E-state index in [9.17, 15) is 5.11 Å². The molecule has 0 spiro atoms. The van der Waals surface area contributed by atoms with E-state index in [1.807, 2.05) is 0 Å². The fraction of sp³-hybridized carbons (Fsp3) is 0.667. The van der Waals surface area contributed by atoms with Crippen LogP contribution >= 0.6 is 0 Å². The van der Waals surface area contributed by atoms with Crippen LogP contribution in [-0.2, 0) is 19.3 Å². The zero-order valence-electron chi connectivity index (χ0n) is 13.0. The second-order valence-electron chi connectivity index (χ2n) is 5.57. The van der Waals surface area contributed by atoms with Crippen molar-refractivity contribution in [2.24, 2.45) is 0 Å². The van der Waals surface area contributed by atoms with E-state index in [1.54, 1.807) is 0 Å². The van der Waals surface area contributed by atoms with Crippen LogP contribution in [0.2, 0.25) is 0 Å². The minimum Gasteiger partial charge on any atom is -0.507 e. The first kappa shape index (κ1) is 16.1. The quantitative estimate of drug-likeness (QED) is 0.589. The van der Waals surface area contributed by atoms with Crippen LogP contribution in [0, 0.1) is 0 Å². The Kier molecular flexibility index (Phi) is 7.62. The van der Waals surface area contributed by atoms with Crippen molar-refractivity contribution in [3.63, 3.8) is 0 Å². The average Bonchev–Trinajstić information content (AvgIpc) is 2.41. The van der Waals surface area contributed by atoms with E-state index in [0.717, 1.165) is 37.7 Å². The first-order valence-electron chi connectivity index (χ1n) is 8.06. The first-order chi connectivity index (χ1) is 9.22. The van der Waals surface area contributed by atoms with Crippen LogP contribution in [0.4, 0.5) is 0 Å². The van der Waals surface area contributed by atoms with Gasteiger partial charge in [-0.15, -0.1) is 0 Å². The third-order valence-electron chi connectivity index (χ3n) is 3.72. The predicted molar refractivity (Wildman–Crippen MR) is 83.9 cm³/mol. The number of hydrogen-bond acceptors (Lipinski definition) is 1. The summed E-state index contributed by atoms with van der Waals surface area (Å²) in [5, 5.41) is 10.3. The SMILES string of the molecule is CCCCCc1cc(CCC)c(O)c(CCCC)c1. The van der Waals surface area contributed by atoms with Gasteiger partial charge in [0.05, 0.1) is 0 Å². The predicted octanol–water partition coefficient (Wildman–Crippen LogP) is 5.42. The molecule has 1 aromatic rings. The number of aryl methyl sites for hydroxylation is 3. The average molecular weight is 262 g/mol. The molecule has 0 radical (unpaired) electrons. The molecule has 1 N–H and O–H groups in total. The van der Waals surface area contributed by atoms with Crippen LogP contribution < -0.4 is 0 Å². The van der Waals surface area contributed by atoms with Gasteiger partial charge in [-0.1, -0.05) is 58.6 Å². The van der Waals surface area contributed by atoms with Crippen molar-refractivity contribution in [2.45, 2.75) is 78.6 Å². The third kappa shape index (κ3) is 5.26. The van der Waals surface area contributed by atoms with Crippen molar-refractivity contribution >= 4 is 0 Å². The maximum Gasteiger partial charge on any atom is 0.121 e. The first-order valence-corrected chi connectivity index (χ1v) is 8.06. The molecule has 108 valence electrons. The molecule has 0 aromatic heterocycles. The number of unbranched alkanes of at least 4 members (excludes halogenated alkanes) is 3. The summed E-state index contributed by atoms with van der Waals surface area (Å²) in [7, 11) is 0. The summed E-state index contributed by atoms with van der Waals surface area (Å²) in [5.74, 6) is 0.564. The molecule has 19 heavy (non-hydrogen) atoms. The Labute approximate surface area is 119 Å². The highest BCUT2D eigenvalue weighted by Crippen LogP contribution is 2.28. The summed E-state index contributed by atoms with van der Waals surface area (Å²) in [6.45, 7) is 6.62. The molecular formula is C18H30O. The lowest BCUT2D eigenvalue weighted by molar-refractivity contribution is 0.458. The summed E-state index contributed by atoms with van der Waals surface area (Å²) < 4.78 is 0. The molecular weight excluding hydrogens is 232 g/mol. The molecule has 0 fully saturated rings. The fourth-order valence-corrected chi connectivity index (χ4v) is 2.57. The molecule has 0 amide bonds. The van der Waals surface area contributed by atoms with E-state index in [1.165, 1.54) is 36.8 Å². The van der Waals surface area contributed by atoms with E-state index in [2.05, 4.69) is 32.9 Å². The van der Waals surface area contributed by atoms with Gasteiger partial charge in [-0.25, -0.2) is 0 Å². The molecule has 1 rings (SSSR count). The molecule has 0 aliphatic heterocycles. The van der Waals surface area contributed by atoms with E-state index in [0.29, 0.717) is 5.75 Å². The zero-order chi connectivity index (χ0) is 14.1. The van der Waals surface area contributed by atoms with Crippen LogP contribution in [0.1, 0.15) is 76.0 Å². The van der Waals surface area contributed by atoms with Crippen molar-refractivity contribution in [2.75, 3.05) is 0 Å². The normalized spacial score (nSPS) is 10.9.